The van der Waals surface area contributed by atoms with Crippen molar-refractivity contribution in [2.24, 2.45) is 5.92 Å². The van der Waals surface area contributed by atoms with Crippen molar-refractivity contribution < 1.29 is 14.3 Å². The van der Waals surface area contributed by atoms with Crippen molar-refractivity contribution in [2.75, 3.05) is 32.9 Å². The van der Waals surface area contributed by atoms with E-state index in [4.69, 9.17) is 9.47 Å². The number of nitrogens with one attached hydrogen (secondary N) is 1. The molecule has 0 fully saturated rings. The van der Waals surface area contributed by atoms with E-state index in [-0.39, 0.29) is 5.97 Å². The van der Waals surface area contributed by atoms with Crippen LogP contribution in [0.1, 0.15) is 40.0 Å². The lowest BCUT2D eigenvalue weighted by molar-refractivity contribution is -0.143. The third-order valence-electron chi connectivity index (χ3n) is 2.30. The number of carbonyl (C=O) groups is 1. The molecule has 0 aromatic rings. The molecule has 17 heavy (non-hydrogen) atoms. The van der Waals surface area contributed by atoms with Gasteiger partial charge >= 0.3 is 5.97 Å². The molecule has 0 atom stereocenters. The van der Waals surface area contributed by atoms with Gasteiger partial charge < -0.3 is 14.8 Å². The number of rotatable bonds is 11. The Kier molecular flexibility index (Phi) is 11.4. The minimum atomic E-state index is -0.109. The number of hydrogen-bond acceptors (Lipinski definition) is 4. The summed E-state index contributed by atoms with van der Waals surface area (Å²) in [6, 6.07) is 0. The third-order valence-corrected chi connectivity index (χ3v) is 2.30. The fourth-order valence-electron chi connectivity index (χ4n) is 1.28. The summed E-state index contributed by atoms with van der Waals surface area (Å²) in [5.74, 6) is 0.593. The highest BCUT2D eigenvalue weighted by molar-refractivity contribution is 5.69. The van der Waals surface area contributed by atoms with Crippen LogP contribution in [0, 0.1) is 5.92 Å². The monoisotopic (exact) mass is 245 g/mol. The molecule has 0 saturated carbocycles. The van der Waals surface area contributed by atoms with Crippen molar-refractivity contribution >= 4 is 5.97 Å². The molecule has 0 aliphatic heterocycles. The van der Waals surface area contributed by atoms with Crippen LogP contribution < -0.4 is 5.32 Å². The van der Waals surface area contributed by atoms with Gasteiger partial charge in [-0.05, 0) is 32.2 Å². The van der Waals surface area contributed by atoms with Crippen molar-refractivity contribution in [1.82, 2.24) is 5.32 Å². The minimum Gasteiger partial charge on any atom is -0.466 e. The van der Waals surface area contributed by atoms with Crippen molar-refractivity contribution in [1.29, 1.82) is 0 Å². The number of ether oxygens (including phenoxy) is 2. The topological polar surface area (TPSA) is 47.6 Å². The first-order valence-electron chi connectivity index (χ1n) is 6.60. The molecule has 0 aliphatic rings. The summed E-state index contributed by atoms with van der Waals surface area (Å²) in [4.78, 5) is 11.0. The van der Waals surface area contributed by atoms with E-state index >= 15 is 0 Å². The Labute approximate surface area is 105 Å². The quantitative estimate of drug-likeness (QED) is 0.447. The van der Waals surface area contributed by atoms with Crippen LogP contribution in [0.3, 0.4) is 0 Å². The van der Waals surface area contributed by atoms with Crippen LogP contribution in [0.4, 0.5) is 0 Å². The van der Waals surface area contributed by atoms with Crippen molar-refractivity contribution in [3.8, 4) is 0 Å². The first-order chi connectivity index (χ1) is 8.16. The van der Waals surface area contributed by atoms with E-state index in [9.17, 15) is 4.79 Å². The lowest BCUT2D eigenvalue weighted by Crippen LogP contribution is -2.22. The molecular weight excluding hydrogens is 218 g/mol. The van der Waals surface area contributed by atoms with E-state index in [1.807, 2.05) is 6.92 Å². The number of hydrogen-bond donors (Lipinski definition) is 1. The molecule has 1 N–H and O–H groups in total. The SMILES string of the molecule is CCOC(=O)CCCNCCOCCC(C)C. The maximum atomic E-state index is 11.0. The fourth-order valence-corrected chi connectivity index (χ4v) is 1.28. The second-order valence-electron chi connectivity index (χ2n) is 4.45. The first kappa shape index (κ1) is 16.4. The van der Waals surface area contributed by atoms with E-state index in [1.165, 1.54) is 0 Å². The molecule has 0 rings (SSSR count). The van der Waals surface area contributed by atoms with Crippen LogP contribution in [0.25, 0.3) is 0 Å². The normalized spacial score (nSPS) is 10.8. The van der Waals surface area contributed by atoms with Gasteiger partial charge in [-0.2, -0.15) is 0 Å². The van der Waals surface area contributed by atoms with Crippen LogP contribution in [-0.2, 0) is 14.3 Å². The summed E-state index contributed by atoms with van der Waals surface area (Å²) in [5, 5.41) is 3.24. The van der Waals surface area contributed by atoms with Gasteiger partial charge in [0.05, 0.1) is 13.2 Å². The molecule has 0 unspecified atom stereocenters. The predicted molar refractivity (Wildman–Crippen MR) is 69.0 cm³/mol. The lowest BCUT2D eigenvalue weighted by atomic mass is 10.1. The Morgan fingerprint density at radius 1 is 1.24 bits per heavy atom. The second kappa shape index (κ2) is 11.9. The molecule has 0 bridgehead atoms. The number of carbonyl (C=O) groups excluding carboxylic acids is 1. The zero-order valence-electron chi connectivity index (χ0n) is 11.5. The van der Waals surface area contributed by atoms with Gasteiger partial charge in [0, 0.05) is 19.6 Å². The molecule has 0 aliphatic carbocycles. The average molecular weight is 245 g/mol. The summed E-state index contributed by atoms with van der Waals surface area (Å²) in [6.45, 7) is 9.94. The standard InChI is InChI=1S/C13H27NO3/c1-4-17-13(15)6-5-8-14-9-11-16-10-7-12(2)3/h12,14H,4-11H2,1-3H3. The highest BCUT2D eigenvalue weighted by Gasteiger charge is 2.00. The molecule has 4 heteroatoms. The second-order valence-corrected chi connectivity index (χ2v) is 4.45. The zero-order chi connectivity index (χ0) is 12.9. The summed E-state index contributed by atoms with van der Waals surface area (Å²) in [5.41, 5.74) is 0. The Bertz CT molecular complexity index is 184. The Hall–Kier alpha value is -0.610. The molecule has 4 nitrogen and oxygen atoms in total. The Morgan fingerprint density at radius 2 is 2.00 bits per heavy atom. The molecule has 0 saturated heterocycles. The average Bonchev–Trinajstić information content (AvgIpc) is 2.27. The molecule has 102 valence electrons. The van der Waals surface area contributed by atoms with Gasteiger partial charge in [-0.3, -0.25) is 4.79 Å². The van der Waals surface area contributed by atoms with E-state index < -0.39 is 0 Å². The van der Waals surface area contributed by atoms with Crippen LogP contribution in [0.2, 0.25) is 0 Å². The summed E-state index contributed by atoms with van der Waals surface area (Å²) in [7, 11) is 0. The highest BCUT2D eigenvalue weighted by Crippen LogP contribution is 1.98. The van der Waals surface area contributed by atoms with Gasteiger partial charge in [0.25, 0.3) is 0 Å². The predicted octanol–water partition coefficient (Wildman–Crippen LogP) is 1.98. The van der Waals surface area contributed by atoms with Crippen molar-refractivity contribution in [2.45, 2.75) is 40.0 Å². The van der Waals surface area contributed by atoms with Gasteiger partial charge in [-0.25, -0.2) is 0 Å². The number of esters is 1. The molecule has 0 aromatic heterocycles. The maximum absolute atomic E-state index is 11.0. The van der Waals surface area contributed by atoms with Crippen LogP contribution in [-0.4, -0.2) is 38.9 Å². The van der Waals surface area contributed by atoms with Crippen LogP contribution in [0.15, 0.2) is 0 Å². The van der Waals surface area contributed by atoms with E-state index in [0.29, 0.717) is 18.9 Å². The van der Waals surface area contributed by atoms with Gasteiger partial charge in [0.2, 0.25) is 0 Å². The van der Waals surface area contributed by atoms with Crippen molar-refractivity contribution in [3.63, 3.8) is 0 Å². The van der Waals surface area contributed by atoms with Gasteiger partial charge in [0.15, 0.2) is 0 Å². The Morgan fingerprint density at radius 3 is 2.65 bits per heavy atom. The summed E-state index contributed by atoms with van der Waals surface area (Å²) < 4.78 is 10.3. The van der Waals surface area contributed by atoms with Crippen LogP contribution >= 0.6 is 0 Å². The molecule has 0 aromatic carbocycles. The first-order valence-corrected chi connectivity index (χ1v) is 6.60. The molecule has 0 radical (unpaired) electrons. The summed E-state index contributed by atoms with van der Waals surface area (Å²) >= 11 is 0. The van der Waals surface area contributed by atoms with Gasteiger partial charge in [-0.1, -0.05) is 13.8 Å². The van der Waals surface area contributed by atoms with E-state index in [0.717, 1.165) is 39.1 Å². The maximum Gasteiger partial charge on any atom is 0.305 e. The van der Waals surface area contributed by atoms with Crippen molar-refractivity contribution in [3.05, 3.63) is 0 Å². The summed E-state index contributed by atoms with van der Waals surface area (Å²) in [6.07, 6.45) is 2.43. The van der Waals surface area contributed by atoms with Crippen LogP contribution in [0.5, 0.6) is 0 Å². The third kappa shape index (κ3) is 13.3. The highest BCUT2D eigenvalue weighted by atomic mass is 16.5. The molecule has 0 amide bonds. The molecular formula is C13H27NO3. The minimum absolute atomic E-state index is 0.109. The largest absolute Gasteiger partial charge is 0.466 e. The van der Waals surface area contributed by atoms with E-state index in [2.05, 4.69) is 19.2 Å². The van der Waals surface area contributed by atoms with E-state index in [1.54, 1.807) is 0 Å². The fraction of sp³-hybridized carbons (Fsp3) is 0.923. The van der Waals surface area contributed by atoms with Gasteiger partial charge in [-0.15, -0.1) is 0 Å². The smallest absolute Gasteiger partial charge is 0.305 e. The zero-order valence-corrected chi connectivity index (χ0v) is 11.5. The Balaban J connectivity index is 3.06. The lowest BCUT2D eigenvalue weighted by Gasteiger charge is -2.07. The molecule has 0 spiro atoms. The molecule has 0 heterocycles. The van der Waals surface area contributed by atoms with Gasteiger partial charge in [0.1, 0.15) is 0 Å².